The van der Waals surface area contributed by atoms with Gasteiger partial charge < -0.3 is 39.4 Å². The van der Waals surface area contributed by atoms with Crippen molar-refractivity contribution in [3.05, 3.63) is 94.1 Å². The van der Waals surface area contributed by atoms with Crippen LogP contribution in [0.2, 0.25) is 0 Å². The van der Waals surface area contributed by atoms with Gasteiger partial charge in [0.15, 0.2) is 11.5 Å². The van der Waals surface area contributed by atoms with E-state index in [1.54, 1.807) is 18.2 Å². The van der Waals surface area contributed by atoms with Gasteiger partial charge in [-0.2, -0.15) is 13.2 Å². The van der Waals surface area contributed by atoms with Gasteiger partial charge in [0.25, 0.3) is 5.91 Å². The number of carbonyl (C=O) groups is 3. The number of carbonyl (C=O) groups excluding carboxylic acids is 3. The molecule has 1 aliphatic heterocycles. The number of nitrogens with zero attached hydrogens (tertiary/aromatic N) is 1. The smallest absolute Gasteiger partial charge is 0.416 e. The standard InChI is InChI=1S/C35H35F3N2O9/c1-46-23-8-9-27(47-2)21(16-23)10-12-40(34(45)20-4-6-22(7-5-20)35(36,37)38)26-17-25(33(44)39-11-13-41)29-24-14-19(18-42)15-28(48-3)31(24)49-32(29)30(26)43/h4-9,14-18,26,29-30,32,41,43H,10-13H2,1-3H3,(H,39,44)/t26-,29+,30+,32+/m1/s1. The minimum Gasteiger partial charge on any atom is -0.497 e. The summed E-state index contributed by atoms with van der Waals surface area (Å²) in [6.07, 6.45) is -5.07. The summed E-state index contributed by atoms with van der Waals surface area (Å²) in [5.41, 5.74) is 0.319. The Kier molecular flexibility index (Phi) is 10.5. The minimum absolute atomic E-state index is 0.0850. The van der Waals surface area contributed by atoms with Gasteiger partial charge in [0.1, 0.15) is 30.0 Å². The molecule has 0 spiro atoms. The predicted molar refractivity (Wildman–Crippen MR) is 169 cm³/mol. The van der Waals surface area contributed by atoms with Crippen molar-refractivity contribution in [3.63, 3.8) is 0 Å². The third-order valence-electron chi connectivity index (χ3n) is 8.60. The molecule has 0 aromatic heterocycles. The summed E-state index contributed by atoms with van der Waals surface area (Å²) >= 11 is 0. The maximum absolute atomic E-state index is 14.2. The van der Waals surface area contributed by atoms with Gasteiger partial charge in [-0.1, -0.05) is 0 Å². The van der Waals surface area contributed by atoms with Gasteiger partial charge in [0, 0.05) is 35.4 Å². The van der Waals surface area contributed by atoms with Crippen molar-refractivity contribution >= 4 is 18.1 Å². The molecule has 3 aromatic carbocycles. The lowest BCUT2D eigenvalue weighted by atomic mass is 9.77. The topological polar surface area (TPSA) is 144 Å². The second-order valence-electron chi connectivity index (χ2n) is 11.4. The number of aldehydes is 1. The van der Waals surface area contributed by atoms with Gasteiger partial charge in [0.2, 0.25) is 5.91 Å². The number of halogens is 3. The van der Waals surface area contributed by atoms with E-state index in [4.69, 9.17) is 18.9 Å². The Hall–Kier alpha value is -5.08. The van der Waals surface area contributed by atoms with Gasteiger partial charge in [-0.25, -0.2) is 0 Å². The molecular formula is C35H35F3N2O9. The molecule has 4 atom stereocenters. The molecule has 2 amide bonds. The molecule has 1 aliphatic carbocycles. The van der Waals surface area contributed by atoms with Crippen LogP contribution in [-0.4, -0.2) is 92.5 Å². The molecule has 2 aliphatic rings. The summed E-state index contributed by atoms with van der Waals surface area (Å²) in [6, 6.07) is 10.5. The van der Waals surface area contributed by atoms with Crippen LogP contribution in [0, 0.1) is 0 Å². The van der Waals surface area contributed by atoms with Crippen LogP contribution in [0.15, 0.2) is 66.2 Å². The van der Waals surface area contributed by atoms with E-state index in [0.717, 1.165) is 24.3 Å². The number of alkyl halides is 3. The first-order chi connectivity index (χ1) is 23.4. The molecule has 260 valence electrons. The number of aliphatic hydroxyl groups is 2. The Balaban J connectivity index is 1.62. The highest BCUT2D eigenvalue weighted by atomic mass is 19.4. The lowest BCUT2D eigenvalue weighted by Gasteiger charge is -2.41. The summed E-state index contributed by atoms with van der Waals surface area (Å²) in [4.78, 5) is 40.9. The van der Waals surface area contributed by atoms with Crippen LogP contribution in [0.4, 0.5) is 13.2 Å². The summed E-state index contributed by atoms with van der Waals surface area (Å²) in [5, 5.41) is 24.0. The van der Waals surface area contributed by atoms with Crippen LogP contribution in [0.25, 0.3) is 0 Å². The van der Waals surface area contributed by atoms with Gasteiger partial charge in [-0.3, -0.25) is 14.4 Å². The first-order valence-electron chi connectivity index (χ1n) is 15.3. The number of hydrogen-bond acceptors (Lipinski definition) is 9. The normalized spacial score (nSPS) is 19.5. The van der Waals surface area contributed by atoms with Crippen LogP contribution in [0.3, 0.4) is 0 Å². The Morgan fingerprint density at radius 1 is 1.00 bits per heavy atom. The molecular weight excluding hydrogens is 649 g/mol. The van der Waals surface area contributed by atoms with E-state index in [1.165, 1.54) is 44.4 Å². The Bertz CT molecular complexity index is 1740. The van der Waals surface area contributed by atoms with Crippen LogP contribution in [0.5, 0.6) is 23.0 Å². The maximum Gasteiger partial charge on any atom is 0.416 e. The Morgan fingerprint density at radius 2 is 1.71 bits per heavy atom. The molecule has 0 unspecified atom stereocenters. The molecule has 0 radical (unpaired) electrons. The van der Waals surface area contributed by atoms with E-state index in [9.17, 15) is 37.8 Å². The first-order valence-corrected chi connectivity index (χ1v) is 15.3. The third-order valence-corrected chi connectivity index (χ3v) is 8.60. The first kappa shape index (κ1) is 35.2. The van der Waals surface area contributed by atoms with E-state index in [2.05, 4.69) is 5.32 Å². The fourth-order valence-electron chi connectivity index (χ4n) is 6.23. The van der Waals surface area contributed by atoms with Crippen molar-refractivity contribution in [2.75, 3.05) is 41.0 Å². The van der Waals surface area contributed by atoms with Crippen molar-refractivity contribution in [3.8, 4) is 23.0 Å². The number of amides is 2. The molecule has 0 saturated heterocycles. The zero-order valence-corrected chi connectivity index (χ0v) is 26.8. The molecule has 3 aromatic rings. The van der Waals surface area contributed by atoms with Crippen molar-refractivity contribution < 1.29 is 56.7 Å². The molecule has 1 heterocycles. The van der Waals surface area contributed by atoms with Gasteiger partial charge in [0.05, 0.1) is 45.5 Å². The van der Waals surface area contributed by atoms with Gasteiger partial charge >= 0.3 is 6.18 Å². The predicted octanol–water partition coefficient (Wildman–Crippen LogP) is 3.55. The molecule has 14 heteroatoms. The zero-order valence-electron chi connectivity index (χ0n) is 26.8. The Morgan fingerprint density at radius 3 is 2.33 bits per heavy atom. The van der Waals surface area contributed by atoms with E-state index in [1.807, 2.05) is 0 Å². The van der Waals surface area contributed by atoms with Gasteiger partial charge in [-0.05, 0) is 72.7 Å². The van der Waals surface area contributed by atoms with Crippen molar-refractivity contribution in [2.45, 2.75) is 36.8 Å². The fourth-order valence-corrected chi connectivity index (χ4v) is 6.23. The number of rotatable bonds is 12. The molecule has 0 bridgehead atoms. The van der Waals surface area contributed by atoms with Crippen LogP contribution in [0.1, 0.15) is 43.3 Å². The fraction of sp³-hybridized carbons (Fsp3) is 0.343. The summed E-state index contributed by atoms with van der Waals surface area (Å²) in [7, 11) is 4.33. The largest absolute Gasteiger partial charge is 0.497 e. The Labute approximate surface area is 279 Å². The zero-order chi connectivity index (χ0) is 35.5. The number of nitrogens with one attached hydrogen (secondary N) is 1. The quantitative estimate of drug-likeness (QED) is 0.244. The van der Waals surface area contributed by atoms with Gasteiger partial charge in [-0.15, -0.1) is 0 Å². The van der Waals surface area contributed by atoms with E-state index in [-0.39, 0.29) is 54.3 Å². The van der Waals surface area contributed by atoms with E-state index in [0.29, 0.717) is 28.9 Å². The highest BCUT2D eigenvalue weighted by molar-refractivity contribution is 5.98. The second-order valence-corrected chi connectivity index (χ2v) is 11.4. The second kappa shape index (κ2) is 14.6. The van der Waals surface area contributed by atoms with Crippen LogP contribution < -0.4 is 24.3 Å². The molecule has 3 N–H and O–H groups in total. The van der Waals surface area contributed by atoms with Crippen LogP contribution >= 0.6 is 0 Å². The number of fused-ring (bicyclic) bond motifs is 3. The van der Waals surface area contributed by atoms with E-state index >= 15 is 0 Å². The highest BCUT2D eigenvalue weighted by Crippen LogP contribution is 2.51. The number of hydrogen-bond donors (Lipinski definition) is 3. The number of benzene rings is 3. The van der Waals surface area contributed by atoms with E-state index < -0.39 is 47.7 Å². The maximum atomic E-state index is 14.2. The average molecular weight is 685 g/mol. The molecule has 0 fully saturated rings. The third kappa shape index (κ3) is 7.06. The minimum atomic E-state index is -4.63. The SMILES string of the molecule is COc1ccc(OC)c(CCN(C(=O)c2ccc(C(F)(F)F)cc2)[C@@H]2C=C(C(=O)NCCO)[C@@H]3c4cc(C=O)cc(OC)c4O[C@@H]3[C@H]2O)c1. The van der Waals surface area contributed by atoms with Crippen LogP contribution in [-0.2, 0) is 17.4 Å². The number of methoxy groups -OCH3 is 3. The summed E-state index contributed by atoms with van der Waals surface area (Å²) < 4.78 is 62.6. The molecule has 0 saturated carbocycles. The monoisotopic (exact) mass is 684 g/mol. The highest BCUT2D eigenvalue weighted by Gasteiger charge is 2.51. The lowest BCUT2D eigenvalue weighted by Crippen LogP contribution is -2.56. The molecule has 5 rings (SSSR count). The number of aliphatic hydroxyl groups excluding tert-OH is 2. The molecule has 49 heavy (non-hydrogen) atoms. The van der Waals surface area contributed by atoms with Crippen molar-refractivity contribution in [1.29, 1.82) is 0 Å². The number of ether oxygens (including phenoxy) is 4. The van der Waals surface area contributed by atoms with Crippen molar-refractivity contribution in [1.82, 2.24) is 10.2 Å². The molecule has 11 nitrogen and oxygen atoms in total. The summed E-state index contributed by atoms with van der Waals surface area (Å²) in [5.74, 6) is -0.860. The summed E-state index contributed by atoms with van der Waals surface area (Å²) in [6.45, 7) is -0.553. The lowest BCUT2D eigenvalue weighted by molar-refractivity contribution is -0.137. The van der Waals surface area contributed by atoms with Crippen molar-refractivity contribution in [2.24, 2.45) is 0 Å². The average Bonchev–Trinajstić information content (AvgIpc) is 3.50.